The van der Waals surface area contributed by atoms with Crippen LogP contribution in [0.2, 0.25) is 0 Å². The summed E-state index contributed by atoms with van der Waals surface area (Å²) in [7, 11) is 1.66. The second-order valence-electron chi connectivity index (χ2n) is 3.50. The normalized spacial score (nSPS) is 47.7. The number of fused-ring (bicyclic) bond motifs is 1. The van der Waals surface area contributed by atoms with Crippen LogP contribution in [0, 0.1) is 0 Å². The number of halogens is 1. The first-order valence-corrected chi connectivity index (χ1v) is 6.06. The van der Waals surface area contributed by atoms with Crippen LogP contribution in [0.3, 0.4) is 0 Å². The summed E-state index contributed by atoms with van der Waals surface area (Å²) in [6.45, 7) is 0. The van der Waals surface area contributed by atoms with Crippen molar-refractivity contribution in [3.8, 4) is 0 Å². The van der Waals surface area contributed by atoms with E-state index in [9.17, 15) is 10.2 Å². The quantitative estimate of drug-likeness (QED) is 0.542. The standard InChI is InChI=1S/C8H13ClN2O3S/c1-10-8-11-4-6(13)5(12)3(2-9)14-7(4)15-8/h3-7,12-13H,2H2,1H3,(H,10,11). The van der Waals surface area contributed by atoms with Gasteiger partial charge >= 0.3 is 0 Å². The van der Waals surface area contributed by atoms with Crippen molar-refractivity contribution in [1.82, 2.24) is 5.32 Å². The van der Waals surface area contributed by atoms with Crippen LogP contribution in [-0.4, -0.2) is 58.1 Å². The topological polar surface area (TPSA) is 74.1 Å². The molecule has 2 aliphatic rings. The molecule has 0 spiro atoms. The predicted molar refractivity (Wildman–Crippen MR) is 59.3 cm³/mol. The third-order valence-electron chi connectivity index (χ3n) is 2.57. The number of aliphatic imine (C=N–C) groups is 1. The molecular formula is C8H13ClN2O3S. The van der Waals surface area contributed by atoms with Gasteiger partial charge in [0.05, 0.1) is 11.9 Å². The van der Waals surface area contributed by atoms with Crippen molar-refractivity contribution < 1.29 is 14.9 Å². The summed E-state index contributed by atoms with van der Waals surface area (Å²) in [6, 6.07) is -0.317. The van der Waals surface area contributed by atoms with Crippen molar-refractivity contribution >= 4 is 28.5 Å². The Labute approximate surface area is 96.9 Å². The summed E-state index contributed by atoms with van der Waals surface area (Å²) in [6.07, 6.45) is -2.35. The van der Waals surface area contributed by atoms with Gasteiger partial charge in [0.25, 0.3) is 0 Å². The predicted octanol–water partition coefficient (Wildman–Crippen LogP) is -0.637. The SMILES string of the molecule is CN=C1NC2C(OC(CCl)C(O)C2O)S1. The average Bonchev–Trinajstić information content (AvgIpc) is 2.66. The number of ether oxygens (including phenoxy) is 1. The Balaban J connectivity index is 2.13. The highest BCUT2D eigenvalue weighted by Crippen LogP contribution is 2.33. The van der Waals surface area contributed by atoms with Crippen molar-refractivity contribution in [2.24, 2.45) is 4.99 Å². The van der Waals surface area contributed by atoms with Crippen LogP contribution in [0.5, 0.6) is 0 Å². The summed E-state index contributed by atoms with van der Waals surface area (Å²) < 4.78 is 5.55. The third-order valence-corrected chi connectivity index (χ3v) is 4.04. The van der Waals surface area contributed by atoms with Gasteiger partial charge in [0, 0.05) is 7.05 Å². The Hall–Kier alpha value is -0.0100. The van der Waals surface area contributed by atoms with E-state index in [1.165, 1.54) is 11.8 Å². The molecule has 5 nitrogen and oxygen atoms in total. The summed E-state index contributed by atoms with van der Waals surface area (Å²) in [5.41, 5.74) is -0.231. The van der Waals surface area contributed by atoms with Gasteiger partial charge in [0.15, 0.2) is 5.17 Å². The number of rotatable bonds is 1. The Morgan fingerprint density at radius 3 is 2.87 bits per heavy atom. The first-order chi connectivity index (χ1) is 7.17. The molecule has 5 unspecified atom stereocenters. The van der Waals surface area contributed by atoms with Crippen LogP contribution in [0.1, 0.15) is 0 Å². The summed E-state index contributed by atoms with van der Waals surface area (Å²) in [5.74, 6) is 0.167. The fraction of sp³-hybridized carbons (Fsp3) is 0.875. The van der Waals surface area contributed by atoms with Crippen molar-refractivity contribution in [1.29, 1.82) is 0 Å². The van der Waals surface area contributed by atoms with E-state index in [0.717, 1.165) is 0 Å². The third kappa shape index (κ3) is 1.97. The van der Waals surface area contributed by atoms with Crippen LogP contribution in [0.25, 0.3) is 0 Å². The number of hydrogen-bond donors (Lipinski definition) is 3. The molecule has 86 valence electrons. The molecule has 0 aromatic heterocycles. The lowest BCUT2D eigenvalue weighted by Gasteiger charge is -2.38. The van der Waals surface area contributed by atoms with E-state index in [4.69, 9.17) is 16.3 Å². The van der Waals surface area contributed by atoms with Gasteiger partial charge in [-0.15, -0.1) is 11.6 Å². The molecule has 0 amide bonds. The maximum Gasteiger partial charge on any atom is 0.159 e. The highest BCUT2D eigenvalue weighted by Gasteiger charge is 2.48. The van der Waals surface area contributed by atoms with Gasteiger partial charge in [-0.2, -0.15) is 0 Å². The van der Waals surface area contributed by atoms with E-state index >= 15 is 0 Å². The van der Waals surface area contributed by atoms with Crippen LogP contribution >= 0.6 is 23.4 Å². The number of thioether (sulfide) groups is 1. The van der Waals surface area contributed by atoms with E-state index in [0.29, 0.717) is 5.17 Å². The largest absolute Gasteiger partial charge is 0.388 e. The molecule has 2 heterocycles. The smallest absolute Gasteiger partial charge is 0.159 e. The lowest BCUT2D eigenvalue weighted by Crippen LogP contribution is -2.59. The number of aliphatic hydroxyl groups is 2. The zero-order valence-electron chi connectivity index (χ0n) is 8.13. The molecule has 0 bridgehead atoms. The van der Waals surface area contributed by atoms with Gasteiger partial charge in [0.1, 0.15) is 23.7 Å². The maximum atomic E-state index is 9.84. The maximum absolute atomic E-state index is 9.84. The molecule has 0 saturated carbocycles. The van der Waals surface area contributed by atoms with E-state index in [1.807, 2.05) is 0 Å². The minimum atomic E-state index is -0.951. The number of alkyl halides is 1. The second-order valence-corrected chi connectivity index (χ2v) is 4.89. The van der Waals surface area contributed by atoms with Gasteiger partial charge in [0.2, 0.25) is 0 Å². The van der Waals surface area contributed by atoms with Gasteiger partial charge in [-0.05, 0) is 0 Å². The molecule has 2 rings (SSSR count). The minimum Gasteiger partial charge on any atom is -0.388 e. The van der Waals surface area contributed by atoms with Gasteiger partial charge < -0.3 is 20.3 Å². The molecule has 15 heavy (non-hydrogen) atoms. The fourth-order valence-electron chi connectivity index (χ4n) is 1.72. The first-order valence-electron chi connectivity index (χ1n) is 4.65. The highest BCUT2D eigenvalue weighted by atomic mass is 35.5. The molecule has 0 aromatic rings. The number of amidine groups is 1. The number of nitrogens with one attached hydrogen (secondary N) is 1. The van der Waals surface area contributed by atoms with E-state index in [2.05, 4.69) is 10.3 Å². The summed E-state index contributed by atoms with van der Waals surface area (Å²) >= 11 is 7.05. The number of hydrogen-bond acceptors (Lipinski definition) is 5. The minimum absolute atomic E-state index is 0.167. The van der Waals surface area contributed by atoms with Crippen LogP contribution in [-0.2, 0) is 4.74 Å². The summed E-state index contributed by atoms with van der Waals surface area (Å²) in [5, 5.41) is 23.3. The van der Waals surface area contributed by atoms with Crippen molar-refractivity contribution in [3.63, 3.8) is 0 Å². The number of nitrogens with zero attached hydrogens (tertiary/aromatic N) is 1. The summed E-state index contributed by atoms with van der Waals surface area (Å²) in [4.78, 5) is 3.98. The molecular weight excluding hydrogens is 240 g/mol. The lowest BCUT2D eigenvalue weighted by molar-refractivity contribution is -0.147. The van der Waals surface area contributed by atoms with Crippen LogP contribution < -0.4 is 5.32 Å². The number of aliphatic hydroxyl groups excluding tert-OH is 2. The average molecular weight is 253 g/mol. The zero-order valence-corrected chi connectivity index (χ0v) is 9.70. The molecule has 3 N–H and O–H groups in total. The van der Waals surface area contributed by atoms with Crippen LogP contribution in [0.4, 0.5) is 0 Å². The van der Waals surface area contributed by atoms with E-state index in [1.54, 1.807) is 7.05 Å². The highest BCUT2D eigenvalue weighted by molar-refractivity contribution is 8.14. The zero-order chi connectivity index (χ0) is 11.0. The molecule has 2 saturated heterocycles. The molecule has 0 radical (unpaired) electrons. The van der Waals surface area contributed by atoms with Gasteiger partial charge in [-0.1, -0.05) is 11.8 Å². The Kier molecular flexibility index (Phi) is 3.42. The molecule has 7 heteroatoms. The first kappa shape index (κ1) is 11.5. The Morgan fingerprint density at radius 1 is 1.53 bits per heavy atom. The van der Waals surface area contributed by atoms with Crippen molar-refractivity contribution in [2.75, 3.05) is 12.9 Å². The van der Waals surface area contributed by atoms with Gasteiger partial charge in [-0.25, -0.2) is 0 Å². The van der Waals surface area contributed by atoms with E-state index in [-0.39, 0.29) is 17.4 Å². The molecule has 5 atom stereocenters. The van der Waals surface area contributed by atoms with Gasteiger partial charge in [-0.3, -0.25) is 4.99 Å². The monoisotopic (exact) mass is 252 g/mol. The van der Waals surface area contributed by atoms with Crippen molar-refractivity contribution in [3.05, 3.63) is 0 Å². The fourth-order valence-corrected chi connectivity index (χ4v) is 3.08. The molecule has 2 fully saturated rings. The molecule has 2 aliphatic heterocycles. The second kappa shape index (κ2) is 4.47. The Morgan fingerprint density at radius 2 is 2.27 bits per heavy atom. The van der Waals surface area contributed by atoms with E-state index < -0.39 is 18.3 Å². The van der Waals surface area contributed by atoms with Crippen molar-refractivity contribution in [2.45, 2.75) is 29.8 Å². The lowest BCUT2D eigenvalue weighted by atomic mass is 9.99. The molecule has 0 aliphatic carbocycles. The van der Waals surface area contributed by atoms with Crippen LogP contribution in [0.15, 0.2) is 4.99 Å². The Bertz CT molecular complexity index is 279. The molecule has 0 aromatic carbocycles.